The number of nitrogens with one attached hydrogen (secondary N) is 2. The fourth-order valence-electron chi connectivity index (χ4n) is 3.05. The summed E-state index contributed by atoms with van der Waals surface area (Å²) in [5.41, 5.74) is 2.13. The molecule has 0 bridgehead atoms. The third-order valence-electron chi connectivity index (χ3n) is 4.35. The van der Waals surface area contributed by atoms with Crippen LogP contribution in [0.4, 0.5) is 17.5 Å². The summed E-state index contributed by atoms with van der Waals surface area (Å²) < 4.78 is 0. The van der Waals surface area contributed by atoms with Crippen molar-refractivity contribution in [1.29, 1.82) is 0 Å². The fraction of sp³-hybridized carbons (Fsp3) is 0.250. The second kappa shape index (κ2) is 7.39. The number of aromatic nitrogens is 4. The van der Waals surface area contributed by atoms with Gasteiger partial charge in [0, 0.05) is 30.9 Å². The molecule has 2 N–H and O–H groups in total. The van der Waals surface area contributed by atoms with E-state index >= 15 is 0 Å². The van der Waals surface area contributed by atoms with Gasteiger partial charge in [-0.3, -0.25) is 5.10 Å². The predicted octanol–water partition coefficient (Wildman–Crippen LogP) is 4.02. The Morgan fingerprint density at radius 2 is 1.81 bits per heavy atom. The van der Waals surface area contributed by atoms with Gasteiger partial charge in [0.1, 0.15) is 11.6 Å². The maximum Gasteiger partial charge on any atom is 0.156 e. The van der Waals surface area contributed by atoms with Crippen LogP contribution in [-0.4, -0.2) is 33.3 Å². The van der Waals surface area contributed by atoms with E-state index in [1.807, 2.05) is 49.4 Å². The minimum absolute atomic E-state index is 0.688. The monoisotopic (exact) mass is 346 g/mol. The molecule has 3 aromatic rings. The van der Waals surface area contributed by atoms with Gasteiger partial charge < -0.3 is 10.2 Å². The number of nitrogens with zero attached hydrogens (tertiary/aromatic N) is 4. The summed E-state index contributed by atoms with van der Waals surface area (Å²) in [5, 5.41) is 10.4. The van der Waals surface area contributed by atoms with Crippen LogP contribution in [0.25, 0.3) is 12.2 Å². The number of hydrogen-bond acceptors (Lipinski definition) is 5. The van der Waals surface area contributed by atoms with Crippen LogP contribution in [0.2, 0.25) is 0 Å². The average Bonchev–Trinajstić information content (AvgIpc) is 3.33. The van der Waals surface area contributed by atoms with E-state index in [-0.39, 0.29) is 0 Å². The quantitative estimate of drug-likeness (QED) is 0.730. The van der Waals surface area contributed by atoms with E-state index in [9.17, 15) is 0 Å². The molecule has 0 unspecified atom stereocenters. The summed E-state index contributed by atoms with van der Waals surface area (Å²) in [5.74, 6) is 3.15. The Bertz CT molecular complexity index is 894. The zero-order valence-corrected chi connectivity index (χ0v) is 14.8. The van der Waals surface area contributed by atoms with E-state index in [1.54, 1.807) is 0 Å². The van der Waals surface area contributed by atoms with Gasteiger partial charge in [-0.25, -0.2) is 9.97 Å². The molecule has 0 atom stereocenters. The molecule has 0 spiro atoms. The molecule has 1 aliphatic heterocycles. The molecule has 0 aliphatic carbocycles. The standard InChI is InChI=1S/C20H22N6/c1-15-13-19(25-24-15)22-18-14-20(26-11-5-6-12-26)23-17(21-18)10-9-16-7-3-2-4-8-16/h2-4,7-10,13-14H,5-6,11-12H2,1H3,(H2,21,22,23,24,25)/b10-9+. The highest BCUT2D eigenvalue weighted by atomic mass is 15.2. The van der Waals surface area contributed by atoms with E-state index in [4.69, 9.17) is 4.98 Å². The average molecular weight is 346 g/mol. The number of anilines is 3. The predicted molar refractivity (Wildman–Crippen MR) is 105 cm³/mol. The number of aromatic amines is 1. The molecule has 6 nitrogen and oxygen atoms in total. The van der Waals surface area contributed by atoms with Gasteiger partial charge in [0.2, 0.25) is 0 Å². The van der Waals surface area contributed by atoms with Crippen molar-refractivity contribution in [2.45, 2.75) is 19.8 Å². The van der Waals surface area contributed by atoms with E-state index < -0.39 is 0 Å². The van der Waals surface area contributed by atoms with Crippen LogP contribution in [-0.2, 0) is 0 Å². The van der Waals surface area contributed by atoms with Crippen molar-refractivity contribution in [3.05, 3.63) is 59.5 Å². The van der Waals surface area contributed by atoms with Gasteiger partial charge in [0.15, 0.2) is 11.6 Å². The van der Waals surface area contributed by atoms with Crippen LogP contribution < -0.4 is 10.2 Å². The molecule has 1 aliphatic rings. The lowest BCUT2D eigenvalue weighted by molar-refractivity contribution is 0.924. The normalized spacial score (nSPS) is 14.3. The molecule has 6 heteroatoms. The molecule has 4 rings (SSSR count). The van der Waals surface area contributed by atoms with E-state index in [1.165, 1.54) is 12.8 Å². The largest absolute Gasteiger partial charge is 0.356 e. The first kappa shape index (κ1) is 16.3. The van der Waals surface area contributed by atoms with E-state index in [2.05, 4.69) is 37.5 Å². The number of benzene rings is 1. The zero-order valence-electron chi connectivity index (χ0n) is 14.8. The molecule has 0 saturated carbocycles. The van der Waals surface area contributed by atoms with Crippen LogP contribution in [0.1, 0.15) is 29.9 Å². The number of hydrogen-bond donors (Lipinski definition) is 2. The van der Waals surface area contributed by atoms with E-state index in [0.717, 1.165) is 41.8 Å². The zero-order chi connectivity index (χ0) is 17.8. The van der Waals surface area contributed by atoms with Crippen LogP contribution >= 0.6 is 0 Å². The third kappa shape index (κ3) is 3.91. The summed E-state index contributed by atoms with van der Waals surface area (Å²) in [7, 11) is 0. The first-order valence-electron chi connectivity index (χ1n) is 8.92. The Kier molecular flexibility index (Phi) is 4.64. The number of aryl methyl sites for hydroxylation is 1. The van der Waals surface area contributed by atoms with Crippen LogP contribution in [0.5, 0.6) is 0 Å². The van der Waals surface area contributed by atoms with Gasteiger partial charge in [-0.2, -0.15) is 5.10 Å². The lowest BCUT2D eigenvalue weighted by Gasteiger charge is -2.17. The Morgan fingerprint density at radius 1 is 1.00 bits per heavy atom. The molecule has 0 radical (unpaired) electrons. The summed E-state index contributed by atoms with van der Waals surface area (Å²) in [6.07, 6.45) is 6.41. The maximum atomic E-state index is 4.74. The van der Waals surface area contributed by atoms with Crippen molar-refractivity contribution in [1.82, 2.24) is 20.2 Å². The lowest BCUT2D eigenvalue weighted by atomic mass is 10.2. The minimum atomic E-state index is 0.688. The maximum absolute atomic E-state index is 4.74. The van der Waals surface area contributed by atoms with Gasteiger partial charge in [0.05, 0.1) is 0 Å². The first-order chi connectivity index (χ1) is 12.8. The smallest absolute Gasteiger partial charge is 0.156 e. The molecule has 1 saturated heterocycles. The van der Waals surface area contributed by atoms with E-state index in [0.29, 0.717) is 5.82 Å². The van der Waals surface area contributed by atoms with Crippen molar-refractivity contribution >= 4 is 29.6 Å². The number of rotatable bonds is 5. The molecule has 1 aromatic carbocycles. The molecule has 132 valence electrons. The Labute approximate surface area is 153 Å². The van der Waals surface area contributed by atoms with Crippen molar-refractivity contribution in [3.63, 3.8) is 0 Å². The molecular weight excluding hydrogens is 324 g/mol. The molecule has 2 aromatic heterocycles. The van der Waals surface area contributed by atoms with Crippen LogP contribution in [0.3, 0.4) is 0 Å². The highest BCUT2D eigenvalue weighted by Gasteiger charge is 2.15. The second-order valence-corrected chi connectivity index (χ2v) is 6.47. The van der Waals surface area contributed by atoms with Gasteiger partial charge in [-0.15, -0.1) is 0 Å². The third-order valence-corrected chi connectivity index (χ3v) is 4.35. The fourth-order valence-corrected chi connectivity index (χ4v) is 3.05. The van der Waals surface area contributed by atoms with Gasteiger partial charge in [-0.1, -0.05) is 36.4 Å². The summed E-state index contributed by atoms with van der Waals surface area (Å²) in [6, 6.07) is 14.1. The summed E-state index contributed by atoms with van der Waals surface area (Å²) in [6.45, 7) is 4.06. The van der Waals surface area contributed by atoms with Gasteiger partial charge >= 0.3 is 0 Å². The summed E-state index contributed by atoms with van der Waals surface area (Å²) in [4.78, 5) is 11.7. The SMILES string of the molecule is Cc1cc(Nc2cc(N3CCCC3)nc(/C=C/c3ccccc3)n2)n[nH]1. The Morgan fingerprint density at radius 3 is 2.54 bits per heavy atom. The van der Waals surface area contributed by atoms with Crippen molar-refractivity contribution < 1.29 is 0 Å². The highest BCUT2D eigenvalue weighted by Crippen LogP contribution is 2.23. The topological polar surface area (TPSA) is 69.7 Å². The van der Waals surface area contributed by atoms with Crippen molar-refractivity contribution in [2.75, 3.05) is 23.3 Å². The second-order valence-electron chi connectivity index (χ2n) is 6.47. The number of H-pyrrole nitrogens is 1. The first-order valence-corrected chi connectivity index (χ1v) is 8.92. The van der Waals surface area contributed by atoms with Gasteiger partial charge in [-0.05, 0) is 31.4 Å². The molecule has 1 fully saturated rings. The summed E-state index contributed by atoms with van der Waals surface area (Å²) >= 11 is 0. The Balaban J connectivity index is 1.64. The van der Waals surface area contributed by atoms with Crippen LogP contribution in [0, 0.1) is 6.92 Å². The Hall–Kier alpha value is -3.15. The molecular formula is C20H22N6. The van der Waals surface area contributed by atoms with Crippen molar-refractivity contribution in [3.8, 4) is 0 Å². The molecule has 26 heavy (non-hydrogen) atoms. The minimum Gasteiger partial charge on any atom is -0.356 e. The van der Waals surface area contributed by atoms with Crippen LogP contribution in [0.15, 0.2) is 42.5 Å². The van der Waals surface area contributed by atoms with Gasteiger partial charge in [0.25, 0.3) is 0 Å². The highest BCUT2D eigenvalue weighted by molar-refractivity contribution is 5.69. The molecule has 3 heterocycles. The lowest BCUT2D eigenvalue weighted by Crippen LogP contribution is -2.19. The molecule has 0 amide bonds. The van der Waals surface area contributed by atoms with Crippen molar-refractivity contribution in [2.24, 2.45) is 0 Å².